The van der Waals surface area contributed by atoms with Gasteiger partial charge in [0.2, 0.25) is 0 Å². The molecule has 2 aliphatic heterocycles. The molecule has 1 atom stereocenters. The van der Waals surface area contributed by atoms with Gasteiger partial charge in [0.1, 0.15) is 11.5 Å². The molecule has 1 aromatic rings. The van der Waals surface area contributed by atoms with Crippen LogP contribution in [0.4, 0.5) is 0 Å². The number of hydroxylamine groups is 2. The Kier molecular flexibility index (Phi) is 9.00. The Balaban J connectivity index is 1.98. The number of hydrogen-bond acceptors (Lipinski definition) is 5. The van der Waals surface area contributed by atoms with Crippen LogP contribution in [0.1, 0.15) is 147 Å². The van der Waals surface area contributed by atoms with Crippen molar-refractivity contribution < 1.29 is 18.8 Å². The Bertz CT molecular complexity index is 1350. The molecule has 1 unspecified atom stereocenters. The molecule has 44 heavy (non-hydrogen) atoms. The average Bonchev–Trinajstić information content (AvgIpc) is 2.79. The normalized spacial score (nSPS) is 23.4. The lowest BCUT2D eigenvalue weighted by Gasteiger charge is -2.51. The molecular weight excluding hydrogens is 565 g/mol. The lowest BCUT2D eigenvalue weighted by atomic mass is 9.73. The van der Waals surface area contributed by atoms with Gasteiger partial charge in [0.25, 0.3) is 0 Å². The molecule has 6 heteroatoms. The maximum absolute atomic E-state index is 11.0. The van der Waals surface area contributed by atoms with E-state index in [9.17, 15) is 5.21 Å². The third-order valence-electron chi connectivity index (χ3n) is 9.30. The molecule has 1 aromatic carbocycles. The minimum atomic E-state index is -1.81. The Hall–Kier alpha value is -1.65. The van der Waals surface area contributed by atoms with Gasteiger partial charge in [0, 0.05) is 27.8 Å². The van der Waals surface area contributed by atoms with Crippen LogP contribution in [-0.2, 0) is 19.9 Å². The maximum Gasteiger partial charge on any atom is 0.463 e. The second-order valence-electron chi connectivity index (χ2n) is 18.7. The second-order valence-corrected chi connectivity index (χ2v) is 19.7. The molecule has 246 valence electrons. The summed E-state index contributed by atoms with van der Waals surface area (Å²) in [6.07, 6.45) is 6.70. The number of rotatable bonds is 2. The monoisotopic (exact) mass is 625 g/mol. The van der Waals surface area contributed by atoms with Crippen LogP contribution in [0.15, 0.2) is 40.7 Å². The molecule has 0 saturated carbocycles. The van der Waals surface area contributed by atoms with E-state index >= 15 is 0 Å². The highest BCUT2D eigenvalue weighted by Crippen LogP contribution is 2.57. The highest BCUT2D eigenvalue weighted by Gasteiger charge is 2.47. The third-order valence-corrected chi connectivity index (χ3v) is 10.4. The first-order valence-corrected chi connectivity index (χ1v) is 17.5. The van der Waals surface area contributed by atoms with Crippen molar-refractivity contribution >= 4 is 14.7 Å². The van der Waals surface area contributed by atoms with Crippen molar-refractivity contribution in [1.29, 1.82) is 0 Å². The predicted octanol–water partition coefficient (Wildman–Crippen LogP) is 11.4. The molecule has 0 amide bonds. The number of hydrogen-bond donors (Lipinski definition) is 1. The summed E-state index contributed by atoms with van der Waals surface area (Å²) in [7, 11) is -1.81. The van der Waals surface area contributed by atoms with Gasteiger partial charge < -0.3 is 14.3 Å². The summed E-state index contributed by atoms with van der Waals surface area (Å²) >= 11 is 0. The van der Waals surface area contributed by atoms with E-state index in [1.54, 1.807) is 0 Å². The smallest absolute Gasteiger partial charge is 0.417 e. The summed E-state index contributed by atoms with van der Waals surface area (Å²) in [5.41, 5.74) is 6.08. The number of allylic oxidation sites excluding steroid dienone is 4. The van der Waals surface area contributed by atoms with E-state index in [1.165, 1.54) is 27.3 Å². The lowest BCUT2D eigenvalue weighted by Crippen LogP contribution is -2.60. The molecular formula is C38H60NO4P. The zero-order valence-corrected chi connectivity index (χ0v) is 31.5. The van der Waals surface area contributed by atoms with Gasteiger partial charge in [0.15, 0.2) is 0 Å². The topological polar surface area (TPSA) is 51.2 Å². The zero-order chi connectivity index (χ0) is 33.4. The van der Waals surface area contributed by atoms with Crippen molar-refractivity contribution in [1.82, 2.24) is 5.06 Å². The van der Waals surface area contributed by atoms with E-state index in [-0.39, 0.29) is 27.8 Å². The van der Waals surface area contributed by atoms with Gasteiger partial charge >= 0.3 is 8.60 Å². The van der Waals surface area contributed by atoms with E-state index in [0.29, 0.717) is 12.8 Å². The highest BCUT2D eigenvalue weighted by atomic mass is 31.2. The fourth-order valence-electron chi connectivity index (χ4n) is 6.64. The van der Waals surface area contributed by atoms with Gasteiger partial charge in [-0.2, -0.15) is 5.06 Å². The standard InChI is InChI=1S/C38H60NO4P/c1-33(2,3)26-18-24-17-25-19-27(34(4,5)6)21-30(36(10,11)12)32(25)43-44(42-31(24)29(20-26)35(7,8)9)41-28-22-37(13,14)39(40)38(15,16)23-28/h17-18,20-21,28,40H,19,22-23H2,1-16H3. The minimum absolute atomic E-state index is 0.0189. The summed E-state index contributed by atoms with van der Waals surface area (Å²) in [6, 6.07) is 4.64. The molecule has 1 aliphatic carbocycles. The van der Waals surface area contributed by atoms with Crippen LogP contribution in [0.3, 0.4) is 0 Å². The molecule has 4 rings (SSSR count). The molecule has 2 heterocycles. The van der Waals surface area contributed by atoms with Gasteiger partial charge in [-0.3, -0.25) is 4.52 Å². The van der Waals surface area contributed by atoms with Crippen molar-refractivity contribution in [3.63, 3.8) is 0 Å². The Morgan fingerprint density at radius 3 is 1.82 bits per heavy atom. The Morgan fingerprint density at radius 1 is 0.773 bits per heavy atom. The van der Waals surface area contributed by atoms with Crippen LogP contribution in [0, 0.1) is 10.8 Å². The van der Waals surface area contributed by atoms with Crippen molar-refractivity contribution in [2.75, 3.05) is 0 Å². The fraction of sp³-hybridized carbons (Fsp3) is 0.684. The van der Waals surface area contributed by atoms with E-state index in [0.717, 1.165) is 29.1 Å². The van der Waals surface area contributed by atoms with Crippen molar-refractivity contribution in [3.05, 3.63) is 57.4 Å². The summed E-state index contributed by atoms with van der Waals surface area (Å²) in [5, 5.41) is 12.5. The summed E-state index contributed by atoms with van der Waals surface area (Å²) in [6.45, 7) is 35.5. The molecule has 0 aromatic heterocycles. The molecule has 3 aliphatic rings. The first-order valence-electron chi connectivity index (χ1n) is 16.4. The highest BCUT2D eigenvalue weighted by molar-refractivity contribution is 7.42. The van der Waals surface area contributed by atoms with Crippen molar-refractivity contribution in [2.45, 2.75) is 158 Å². The summed E-state index contributed by atoms with van der Waals surface area (Å²) in [5.74, 6) is 1.74. The largest absolute Gasteiger partial charge is 0.463 e. The fourth-order valence-corrected chi connectivity index (χ4v) is 7.87. The predicted molar refractivity (Wildman–Crippen MR) is 185 cm³/mol. The van der Waals surface area contributed by atoms with Crippen molar-refractivity contribution in [3.8, 4) is 5.75 Å². The molecule has 0 bridgehead atoms. The molecule has 0 radical (unpaired) electrons. The van der Waals surface area contributed by atoms with Gasteiger partial charge in [0.05, 0.1) is 6.10 Å². The van der Waals surface area contributed by atoms with E-state index in [4.69, 9.17) is 13.6 Å². The second kappa shape index (κ2) is 11.3. The molecule has 1 saturated heterocycles. The van der Waals surface area contributed by atoms with Gasteiger partial charge in [-0.15, -0.1) is 0 Å². The maximum atomic E-state index is 11.0. The third kappa shape index (κ3) is 7.33. The van der Waals surface area contributed by atoms with Crippen LogP contribution in [0.2, 0.25) is 0 Å². The molecule has 5 nitrogen and oxygen atoms in total. The Labute approximate surface area is 270 Å². The Morgan fingerprint density at radius 2 is 1.34 bits per heavy atom. The zero-order valence-electron chi connectivity index (χ0n) is 30.6. The van der Waals surface area contributed by atoms with E-state index in [1.807, 2.05) is 0 Å². The number of benzene rings is 1. The number of nitrogens with zero attached hydrogens (tertiary/aromatic N) is 1. The van der Waals surface area contributed by atoms with Crippen LogP contribution < -0.4 is 4.52 Å². The molecule has 1 fully saturated rings. The average molecular weight is 626 g/mol. The van der Waals surface area contributed by atoms with Crippen LogP contribution in [-0.4, -0.2) is 27.5 Å². The molecule has 0 spiro atoms. The summed E-state index contributed by atoms with van der Waals surface area (Å²) in [4.78, 5) is 0. The van der Waals surface area contributed by atoms with Crippen LogP contribution in [0.5, 0.6) is 5.75 Å². The van der Waals surface area contributed by atoms with Crippen LogP contribution >= 0.6 is 8.60 Å². The van der Waals surface area contributed by atoms with E-state index in [2.05, 4.69) is 135 Å². The lowest BCUT2D eigenvalue weighted by molar-refractivity contribution is -0.255. The first-order chi connectivity index (χ1) is 19.7. The van der Waals surface area contributed by atoms with Gasteiger partial charge in [-0.05, 0) is 91.9 Å². The van der Waals surface area contributed by atoms with Crippen LogP contribution in [0.25, 0.3) is 6.08 Å². The van der Waals surface area contributed by atoms with Crippen molar-refractivity contribution in [2.24, 2.45) is 10.8 Å². The minimum Gasteiger partial charge on any atom is -0.417 e. The van der Waals surface area contributed by atoms with Gasteiger partial charge in [-0.25, -0.2) is 0 Å². The van der Waals surface area contributed by atoms with E-state index < -0.39 is 19.7 Å². The quantitative estimate of drug-likeness (QED) is 0.331. The summed E-state index contributed by atoms with van der Waals surface area (Å²) < 4.78 is 20.9. The number of piperidine rings is 1. The number of fused-ring (bicyclic) bond motifs is 2. The SMILES string of the molecule is CC(C)(C)C1=CC(C(C)(C)C)=C2OP(OC3CC(C)(C)N(O)C(C)(C)C3)Oc3c(cc(C(C)(C)C)cc3C(C)(C)C)C=C2C1. The first kappa shape index (κ1) is 35.2. The van der Waals surface area contributed by atoms with Gasteiger partial charge in [-0.1, -0.05) is 101 Å². The molecule has 1 N–H and O–H groups in total.